The van der Waals surface area contributed by atoms with E-state index in [9.17, 15) is 14.2 Å². The van der Waals surface area contributed by atoms with Gasteiger partial charge in [-0.15, -0.1) is 0 Å². The molecule has 8 nitrogen and oxygen atoms in total. The maximum atomic E-state index is 12.4. The predicted octanol–water partition coefficient (Wildman–Crippen LogP) is 13.4. The molecule has 0 aromatic heterocycles. The number of unbranched alkanes of at least 4 members (excludes halogenated alkanes) is 29. The number of rotatable bonds is 41. The van der Waals surface area contributed by atoms with Crippen molar-refractivity contribution in [3.8, 4) is 0 Å². The summed E-state index contributed by atoms with van der Waals surface area (Å²) in [6.07, 6.45) is 43.7. The second-order valence-electron chi connectivity index (χ2n) is 15.0. The Labute approximate surface area is 320 Å². The van der Waals surface area contributed by atoms with E-state index >= 15 is 0 Å². The summed E-state index contributed by atoms with van der Waals surface area (Å²) < 4.78 is 26.4. The molecule has 0 bridgehead atoms. The van der Waals surface area contributed by atoms with Gasteiger partial charge in [-0.2, -0.15) is 0 Å². The molecular formula is C43H83O8P. The van der Waals surface area contributed by atoms with Crippen LogP contribution in [0.1, 0.15) is 232 Å². The van der Waals surface area contributed by atoms with Crippen LogP contribution in [0.5, 0.6) is 0 Å². The number of carbonyl (C=O) groups excluding carboxylic acids is 2. The van der Waals surface area contributed by atoms with Crippen molar-refractivity contribution in [1.29, 1.82) is 0 Å². The lowest BCUT2D eigenvalue weighted by Crippen LogP contribution is -2.29. The molecule has 0 aliphatic heterocycles. The summed E-state index contributed by atoms with van der Waals surface area (Å²) in [5, 5.41) is 0. The van der Waals surface area contributed by atoms with E-state index in [0.29, 0.717) is 12.8 Å². The van der Waals surface area contributed by atoms with Gasteiger partial charge in [0.2, 0.25) is 0 Å². The molecule has 0 saturated heterocycles. The van der Waals surface area contributed by atoms with Crippen molar-refractivity contribution < 1.29 is 37.9 Å². The van der Waals surface area contributed by atoms with Gasteiger partial charge in [-0.25, -0.2) is 4.57 Å². The molecule has 0 unspecified atom stereocenters. The van der Waals surface area contributed by atoms with Gasteiger partial charge >= 0.3 is 19.8 Å². The Kier molecular flexibility index (Phi) is 38.6. The molecule has 0 heterocycles. The van der Waals surface area contributed by atoms with Gasteiger partial charge in [0.05, 0.1) is 6.61 Å². The van der Waals surface area contributed by atoms with E-state index < -0.39 is 32.5 Å². The highest BCUT2D eigenvalue weighted by Crippen LogP contribution is 2.36. The first-order valence-corrected chi connectivity index (χ1v) is 23.5. The lowest BCUT2D eigenvalue weighted by Gasteiger charge is -2.18. The van der Waals surface area contributed by atoms with Crippen LogP contribution < -0.4 is 0 Å². The van der Waals surface area contributed by atoms with Crippen molar-refractivity contribution in [1.82, 2.24) is 0 Å². The van der Waals surface area contributed by atoms with Crippen LogP contribution >= 0.6 is 7.82 Å². The van der Waals surface area contributed by atoms with Crippen molar-refractivity contribution in [2.45, 2.75) is 238 Å². The Morgan fingerprint density at radius 2 is 0.808 bits per heavy atom. The smallest absolute Gasteiger partial charge is 0.462 e. The summed E-state index contributed by atoms with van der Waals surface area (Å²) in [4.78, 5) is 42.8. The highest BCUT2D eigenvalue weighted by atomic mass is 31.2. The van der Waals surface area contributed by atoms with E-state index in [-0.39, 0.29) is 19.4 Å². The van der Waals surface area contributed by atoms with Crippen molar-refractivity contribution in [2.24, 2.45) is 0 Å². The number of esters is 2. The highest BCUT2D eigenvalue weighted by Gasteiger charge is 2.22. The molecule has 0 aromatic carbocycles. The molecule has 0 aliphatic rings. The van der Waals surface area contributed by atoms with Gasteiger partial charge in [0.1, 0.15) is 6.61 Å². The second kappa shape index (κ2) is 39.5. The average Bonchev–Trinajstić information content (AvgIpc) is 3.11. The highest BCUT2D eigenvalue weighted by molar-refractivity contribution is 7.46. The van der Waals surface area contributed by atoms with Gasteiger partial charge in [0.25, 0.3) is 0 Å². The molecular weight excluding hydrogens is 675 g/mol. The van der Waals surface area contributed by atoms with E-state index in [0.717, 1.165) is 44.9 Å². The van der Waals surface area contributed by atoms with E-state index in [1.807, 2.05) is 0 Å². The zero-order valence-corrected chi connectivity index (χ0v) is 34.9. The summed E-state index contributed by atoms with van der Waals surface area (Å²) in [5.74, 6) is -0.891. The van der Waals surface area contributed by atoms with Gasteiger partial charge in [-0.05, 0) is 38.5 Å². The monoisotopic (exact) mass is 759 g/mol. The third-order valence-corrected chi connectivity index (χ3v) is 10.3. The van der Waals surface area contributed by atoms with Crippen LogP contribution in [0.2, 0.25) is 0 Å². The number of phosphoric acid groups is 1. The first-order valence-electron chi connectivity index (χ1n) is 22.0. The molecule has 1 atom stereocenters. The number of phosphoric ester groups is 1. The minimum absolute atomic E-state index is 0.215. The molecule has 2 N–H and O–H groups in total. The zero-order chi connectivity index (χ0) is 38.2. The topological polar surface area (TPSA) is 119 Å². The number of allylic oxidation sites excluding steroid dienone is 2. The molecule has 0 saturated carbocycles. The number of ether oxygens (including phenoxy) is 2. The summed E-state index contributed by atoms with van der Waals surface area (Å²) in [6, 6.07) is 0. The van der Waals surface area contributed by atoms with Crippen LogP contribution in [0.3, 0.4) is 0 Å². The molecule has 0 aromatic rings. The molecule has 52 heavy (non-hydrogen) atoms. The van der Waals surface area contributed by atoms with Gasteiger partial charge in [0.15, 0.2) is 6.10 Å². The maximum Gasteiger partial charge on any atom is 0.469 e. The normalized spacial score (nSPS) is 12.5. The van der Waals surface area contributed by atoms with Crippen LogP contribution in [-0.2, 0) is 28.2 Å². The Hall–Kier alpha value is -1.21. The average molecular weight is 759 g/mol. The van der Waals surface area contributed by atoms with E-state index in [1.54, 1.807) is 0 Å². The lowest BCUT2D eigenvalue weighted by molar-refractivity contribution is -0.161. The number of hydrogen-bond donors (Lipinski definition) is 2. The summed E-state index contributed by atoms with van der Waals surface area (Å²) in [6.45, 7) is 3.69. The Bertz CT molecular complexity index is 858. The summed E-state index contributed by atoms with van der Waals surface area (Å²) in [5.41, 5.74) is 0. The second-order valence-corrected chi connectivity index (χ2v) is 16.3. The minimum atomic E-state index is -4.75. The molecule has 0 fully saturated rings. The molecule has 0 rings (SSSR count). The van der Waals surface area contributed by atoms with Crippen molar-refractivity contribution in [2.75, 3.05) is 13.2 Å². The standard InChI is InChI=1S/C43H83O8P/c1-3-5-7-9-11-13-15-17-18-19-20-21-22-23-24-26-28-30-32-34-36-38-43(45)51-41(40-50-52(46,47)48)39-49-42(44)37-35-33-31-29-27-25-16-14-12-10-8-6-4-2/h25,27,41H,3-24,26,28-40H2,1-2H3,(H2,46,47,48)/b27-25+/t41-/m1/s1. The van der Waals surface area contributed by atoms with Crippen molar-refractivity contribution >= 4 is 19.8 Å². The van der Waals surface area contributed by atoms with Crippen LogP contribution in [0, 0.1) is 0 Å². The predicted molar refractivity (Wildman–Crippen MR) is 216 cm³/mol. The van der Waals surface area contributed by atoms with E-state index in [2.05, 4.69) is 30.5 Å². The fourth-order valence-corrected chi connectivity index (χ4v) is 6.85. The fraction of sp³-hybridized carbons (Fsp3) is 0.907. The van der Waals surface area contributed by atoms with Gasteiger partial charge in [-0.3, -0.25) is 14.1 Å². The Morgan fingerprint density at radius 1 is 0.481 bits per heavy atom. The summed E-state index contributed by atoms with van der Waals surface area (Å²) in [7, 11) is -4.75. The SMILES string of the molecule is CCCCCCCC/C=C/CCCCCC(=O)OC[C@H](COP(=O)(O)O)OC(=O)CCCCCCCCCCCCCCCCCCCCCCC. The third kappa shape index (κ3) is 41.5. The van der Waals surface area contributed by atoms with Crippen LogP contribution in [-0.4, -0.2) is 41.0 Å². The van der Waals surface area contributed by atoms with Gasteiger partial charge in [0, 0.05) is 12.8 Å². The Morgan fingerprint density at radius 3 is 1.19 bits per heavy atom. The van der Waals surface area contributed by atoms with Crippen molar-refractivity contribution in [3.63, 3.8) is 0 Å². The largest absolute Gasteiger partial charge is 0.469 e. The quantitative estimate of drug-likeness (QED) is 0.0274. The molecule has 308 valence electrons. The number of hydrogen-bond acceptors (Lipinski definition) is 6. The van der Waals surface area contributed by atoms with Crippen LogP contribution in [0.15, 0.2) is 12.2 Å². The fourth-order valence-electron chi connectivity index (χ4n) is 6.49. The molecule has 0 aliphatic carbocycles. The summed E-state index contributed by atoms with van der Waals surface area (Å²) >= 11 is 0. The third-order valence-electron chi connectivity index (χ3n) is 9.78. The van der Waals surface area contributed by atoms with Crippen LogP contribution in [0.4, 0.5) is 0 Å². The molecule has 0 spiro atoms. The van der Waals surface area contributed by atoms with Crippen molar-refractivity contribution in [3.05, 3.63) is 12.2 Å². The first kappa shape index (κ1) is 50.8. The van der Waals surface area contributed by atoms with Gasteiger partial charge in [-0.1, -0.05) is 193 Å². The number of carbonyl (C=O) groups is 2. The van der Waals surface area contributed by atoms with Gasteiger partial charge < -0.3 is 19.3 Å². The minimum Gasteiger partial charge on any atom is -0.462 e. The molecule has 0 amide bonds. The lowest BCUT2D eigenvalue weighted by atomic mass is 10.0. The molecule has 0 radical (unpaired) electrons. The Balaban J connectivity index is 3.83. The van der Waals surface area contributed by atoms with E-state index in [1.165, 1.54) is 148 Å². The molecule has 9 heteroatoms. The maximum absolute atomic E-state index is 12.4. The zero-order valence-electron chi connectivity index (χ0n) is 34.0. The first-order chi connectivity index (χ1) is 25.3. The van der Waals surface area contributed by atoms with Crippen LogP contribution in [0.25, 0.3) is 0 Å². The van der Waals surface area contributed by atoms with E-state index in [4.69, 9.17) is 19.3 Å².